The second kappa shape index (κ2) is 9.97. The third-order valence-corrected chi connectivity index (χ3v) is 4.65. The summed E-state index contributed by atoms with van der Waals surface area (Å²) in [5.74, 6) is 0.369. The number of nitrogens with one attached hydrogen (secondary N) is 2. The monoisotopic (exact) mass is 496 g/mol. The fourth-order valence-corrected chi connectivity index (χ4v) is 2.93. The molecule has 1 aromatic heterocycles. The Morgan fingerprint density at radius 3 is 2.52 bits per heavy atom. The van der Waals surface area contributed by atoms with Crippen LogP contribution >= 0.6 is 15.9 Å². The SMILES string of the molecule is C[C@H](CO)Nc1nc(NCc2ccc(Br)cc2)cc(-c2cccc(OC(F)(F)F)c2)n1. The molecule has 3 N–H and O–H groups in total. The van der Waals surface area contributed by atoms with Gasteiger partial charge in [-0.1, -0.05) is 40.2 Å². The van der Waals surface area contributed by atoms with E-state index in [0.29, 0.717) is 23.6 Å². The average Bonchev–Trinajstić information content (AvgIpc) is 2.72. The lowest BCUT2D eigenvalue weighted by Gasteiger charge is -2.15. The Hall–Kier alpha value is -2.85. The molecule has 0 spiro atoms. The molecule has 0 unspecified atom stereocenters. The number of hydrogen-bond acceptors (Lipinski definition) is 6. The van der Waals surface area contributed by atoms with Crippen molar-refractivity contribution in [3.8, 4) is 17.0 Å². The van der Waals surface area contributed by atoms with Gasteiger partial charge in [0.2, 0.25) is 5.95 Å². The number of aliphatic hydroxyl groups excluding tert-OH is 1. The molecule has 1 atom stereocenters. The lowest BCUT2D eigenvalue weighted by molar-refractivity contribution is -0.274. The van der Waals surface area contributed by atoms with Crippen molar-refractivity contribution >= 4 is 27.7 Å². The summed E-state index contributed by atoms with van der Waals surface area (Å²) in [5.41, 5.74) is 1.84. The van der Waals surface area contributed by atoms with Gasteiger partial charge in [-0.2, -0.15) is 4.98 Å². The highest BCUT2D eigenvalue weighted by atomic mass is 79.9. The molecule has 0 radical (unpaired) electrons. The fraction of sp³-hybridized carbons (Fsp3) is 0.238. The molecule has 164 valence electrons. The first-order chi connectivity index (χ1) is 14.7. The lowest BCUT2D eigenvalue weighted by Crippen LogP contribution is -2.21. The molecular formula is C21H20BrF3N4O2. The van der Waals surface area contributed by atoms with Crippen molar-refractivity contribution in [1.82, 2.24) is 9.97 Å². The smallest absolute Gasteiger partial charge is 0.406 e. The number of benzene rings is 2. The molecule has 0 aliphatic heterocycles. The maximum absolute atomic E-state index is 12.6. The van der Waals surface area contributed by atoms with Gasteiger partial charge in [0.1, 0.15) is 11.6 Å². The van der Waals surface area contributed by atoms with E-state index in [4.69, 9.17) is 0 Å². The first kappa shape index (κ1) is 22.8. The predicted molar refractivity (Wildman–Crippen MR) is 116 cm³/mol. The first-order valence-electron chi connectivity index (χ1n) is 9.33. The molecule has 0 aliphatic carbocycles. The summed E-state index contributed by atoms with van der Waals surface area (Å²) in [6, 6.07) is 14.6. The minimum absolute atomic E-state index is 0.135. The van der Waals surface area contributed by atoms with Gasteiger partial charge in [0.25, 0.3) is 0 Å². The lowest BCUT2D eigenvalue weighted by atomic mass is 10.1. The second-order valence-corrected chi connectivity index (χ2v) is 7.66. The van der Waals surface area contributed by atoms with Gasteiger partial charge in [0.15, 0.2) is 0 Å². The van der Waals surface area contributed by atoms with Crippen molar-refractivity contribution in [3.63, 3.8) is 0 Å². The molecule has 2 aromatic carbocycles. The van der Waals surface area contributed by atoms with E-state index in [9.17, 15) is 18.3 Å². The predicted octanol–water partition coefficient (Wildman–Crippen LogP) is 5.21. The number of rotatable bonds is 8. The molecule has 10 heteroatoms. The standard InChI is InChI=1S/C21H20BrF3N4O2/c1-13(12-30)27-20-28-18(15-3-2-4-17(9-15)31-21(23,24)25)10-19(29-20)26-11-14-5-7-16(22)8-6-14/h2-10,13,30H,11-12H2,1H3,(H2,26,27,28,29)/t13-/m1/s1. The Balaban J connectivity index is 1.89. The fourth-order valence-electron chi connectivity index (χ4n) is 2.66. The van der Waals surface area contributed by atoms with Crippen LogP contribution in [0.15, 0.2) is 59.1 Å². The quantitative estimate of drug-likeness (QED) is 0.397. The van der Waals surface area contributed by atoms with Gasteiger partial charge in [-0.25, -0.2) is 4.98 Å². The molecule has 0 bridgehead atoms. The molecule has 0 fully saturated rings. The highest BCUT2D eigenvalue weighted by Gasteiger charge is 2.31. The third-order valence-electron chi connectivity index (χ3n) is 4.13. The summed E-state index contributed by atoms with van der Waals surface area (Å²) < 4.78 is 42.7. The van der Waals surface area contributed by atoms with Crippen molar-refractivity contribution in [1.29, 1.82) is 0 Å². The minimum atomic E-state index is -4.79. The van der Waals surface area contributed by atoms with E-state index in [0.717, 1.165) is 10.0 Å². The zero-order valence-electron chi connectivity index (χ0n) is 16.4. The van der Waals surface area contributed by atoms with Crippen LogP contribution in [0.3, 0.4) is 0 Å². The highest BCUT2D eigenvalue weighted by molar-refractivity contribution is 9.10. The van der Waals surface area contributed by atoms with Gasteiger partial charge in [-0.3, -0.25) is 0 Å². The molecule has 0 saturated heterocycles. The molecule has 3 rings (SSSR count). The van der Waals surface area contributed by atoms with E-state index in [2.05, 4.69) is 41.3 Å². The van der Waals surface area contributed by atoms with Crippen LogP contribution in [0.4, 0.5) is 24.9 Å². The minimum Gasteiger partial charge on any atom is -0.406 e. The normalized spacial score (nSPS) is 12.3. The van der Waals surface area contributed by atoms with Crippen molar-refractivity contribution in [2.75, 3.05) is 17.2 Å². The number of alkyl halides is 3. The summed E-state index contributed by atoms with van der Waals surface area (Å²) in [5, 5.41) is 15.5. The van der Waals surface area contributed by atoms with E-state index in [1.807, 2.05) is 24.3 Å². The summed E-state index contributed by atoms with van der Waals surface area (Å²) in [6.07, 6.45) is -4.79. The van der Waals surface area contributed by atoms with Crippen molar-refractivity contribution in [3.05, 3.63) is 64.6 Å². The number of ether oxygens (including phenoxy) is 1. The highest BCUT2D eigenvalue weighted by Crippen LogP contribution is 2.29. The molecule has 1 heterocycles. The van der Waals surface area contributed by atoms with Gasteiger partial charge in [-0.15, -0.1) is 13.2 Å². The second-order valence-electron chi connectivity index (χ2n) is 6.75. The van der Waals surface area contributed by atoms with Crippen LogP contribution in [0, 0.1) is 0 Å². The van der Waals surface area contributed by atoms with Crippen LogP contribution < -0.4 is 15.4 Å². The first-order valence-corrected chi connectivity index (χ1v) is 10.1. The van der Waals surface area contributed by atoms with Gasteiger partial charge in [0.05, 0.1) is 12.3 Å². The third kappa shape index (κ3) is 7.11. The van der Waals surface area contributed by atoms with E-state index in [-0.39, 0.29) is 24.3 Å². The van der Waals surface area contributed by atoms with E-state index < -0.39 is 6.36 Å². The van der Waals surface area contributed by atoms with Crippen LogP contribution in [0.25, 0.3) is 11.3 Å². The van der Waals surface area contributed by atoms with Crippen molar-refractivity contribution < 1.29 is 23.0 Å². The van der Waals surface area contributed by atoms with E-state index >= 15 is 0 Å². The van der Waals surface area contributed by atoms with Crippen molar-refractivity contribution in [2.24, 2.45) is 0 Å². The van der Waals surface area contributed by atoms with E-state index in [1.165, 1.54) is 18.2 Å². The van der Waals surface area contributed by atoms with Crippen LogP contribution in [0.5, 0.6) is 5.75 Å². The molecule has 31 heavy (non-hydrogen) atoms. The zero-order chi connectivity index (χ0) is 22.4. The number of aliphatic hydroxyl groups is 1. The number of anilines is 2. The van der Waals surface area contributed by atoms with Gasteiger partial charge >= 0.3 is 6.36 Å². The molecule has 6 nitrogen and oxygen atoms in total. The summed E-state index contributed by atoms with van der Waals surface area (Å²) in [6.45, 7) is 2.10. The molecule has 0 saturated carbocycles. The van der Waals surface area contributed by atoms with Gasteiger partial charge in [-0.05, 0) is 36.8 Å². The number of hydrogen-bond donors (Lipinski definition) is 3. The Labute approximate surface area is 185 Å². The topological polar surface area (TPSA) is 79.3 Å². The van der Waals surface area contributed by atoms with Crippen LogP contribution in [0.1, 0.15) is 12.5 Å². The maximum atomic E-state index is 12.6. The Morgan fingerprint density at radius 1 is 1.10 bits per heavy atom. The largest absolute Gasteiger partial charge is 0.573 e. The summed E-state index contributed by atoms with van der Waals surface area (Å²) in [7, 11) is 0. The summed E-state index contributed by atoms with van der Waals surface area (Å²) >= 11 is 3.39. The Bertz CT molecular complexity index is 1020. The van der Waals surface area contributed by atoms with Crippen LogP contribution in [0.2, 0.25) is 0 Å². The number of nitrogens with zero attached hydrogens (tertiary/aromatic N) is 2. The number of aromatic nitrogens is 2. The average molecular weight is 497 g/mol. The van der Waals surface area contributed by atoms with Gasteiger partial charge < -0.3 is 20.5 Å². The van der Waals surface area contributed by atoms with E-state index in [1.54, 1.807) is 19.1 Å². The summed E-state index contributed by atoms with van der Waals surface area (Å²) in [4.78, 5) is 8.78. The molecular weight excluding hydrogens is 477 g/mol. The van der Waals surface area contributed by atoms with Gasteiger partial charge in [0, 0.05) is 28.7 Å². The molecule has 0 amide bonds. The molecule has 3 aromatic rings. The maximum Gasteiger partial charge on any atom is 0.573 e. The number of halogens is 4. The Kier molecular flexibility index (Phi) is 7.34. The van der Waals surface area contributed by atoms with Crippen LogP contribution in [-0.4, -0.2) is 34.1 Å². The molecule has 0 aliphatic rings. The van der Waals surface area contributed by atoms with Crippen molar-refractivity contribution in [2.45, 2.75) is 25.9 Å². The zero-order valence-corrected chi connectivity index (χ0v) is 18.0. The van der Waals surface area contributed by atoms with Crippen LogP contribution in [-0.2, 0) is 6.54 Å². The Morgan fingerprint density at radius 2 is 1.84 bits per heavy atom.